The average Bonchev–Trinajstić information content (AvgIpc) is 2.17. The van der Waals surface area contributed by atoms with E-state index in [4.69, 9.17) is 10.2 Å². The minimum atomic E-state index is -0.910. The molecule has 4 nitrogen and oxygen atoms in total. The van der Waals surface area contributed by atoms with Gasteiger partial charge in [0.25, 0.3) is 0 Å². The molecule has 0 aliphatic carbocycles. The molecule has 0 fully saturated rings. The average molecular weight is 210 g/mol. The summed E-state index contributed by atoms with van der Waals surface area (Å²) < 4.78 is 0. The van der Waals surface area contributed by atoms with E-state index >= 15 is 0 Å². The zero-order valence-corrected chi connectivity index (χ0v) is 8.59. The van der Waals surface area contributed by atoms with Gasteiger partial charge in [-0.1, -0.05) is 12.1 Å². The quantitative estimate of drug-likeness (QED) is 0.548. The number of aliphatic hydroxyl groups is 2. The summed E-state index contributed by atoms with van der Waals surface area (Å²) in [7, 11) is 0. The SMILES string of the molecule is [CH2]C(O)NC(C)C(O)c1ccc(O)cc1. The van der Waals surface area contributed by atoms with Crippen LogP contribution in [0, 0.1) is 6.92 Å². The Hall–Kier alpha value is -1.10. The molecule has 0 aliphatic rings. The van der Waals surface area contributed by atoms with E-state index in [0.717, 1.165) is 0 Å². The molecular formula is C11H16NO3. The molecule has 4 N–H and O–H groups in total. The fourth-order valence-corrected chi connectivity index (χ4v) is 1.35. The molecule has 3 atom stereocenters. The Morgan fingerprint density at radius 3 is 2.20 bits per heavy atom. The second kappa shape index (κ2) is 5.11. The van der Waals surface area contributed by atoms with Crippen molar-refractivity contribution in [2.75, 3.05) is 0 Å². The Morgan fingerprint density at radius 1 is 1.20 bits per heavy atom. The van der Waals surface area contributed by atoms with Gasteiger partial charge in [0, 0.05) is 6.04 Å². The molecule has 15 heavy (non-hydrogen) atoms. The highest BCUT2D eigenvalue weighted by molar-refractivity contribution is 5.27. The molecule has 4 heteroatoms. The number of benzene rings is 1. The number of aliphatic hydroxyl groups excluding tert-OH is 2. The molecular weight excluding hydrogens is 194 g/mol. The fourth-order valence-electron chi connectivity index (χ4n) is 1.35. The van der Waals surface area contributed by atoms with E-state index in [2.05, 4.69) is 12.2 Å². The normalized spacial score (nSPS) is 17.1. The number of phenols is 1. The summed E-state index contributed by atoms with van der Waals surface area (Å²) in [6.07, 6.45) is -1.66. The molecule has 0 aliphatic heterocycles. The van der Waals surface area contributed by atoms with Gasteiger partial charge in [-0.15, -0.1) is 0 Å². The lowest BCUT2D eigenvalue weighted by Crippen LogP contribution is -2.38. The predicted molar refractivity (Wildman–Crippen MR) is 57.0 cm³/mol. The lowest BCUT2D eigenvalue weighted by atomic mass is 10.0. The van der Waals surface area contributed by atoms with Crippen LogP contribution in [-0.2, 0) is 0 Å². The second-order valence-electron chi connectivity index (χ2n) is 3.51. The van der Waals surface area contributed by atoms with Crippen LogP contribution in [0.25, 0.3) is 0 Å². The van der Waals surface area contributed by atoms with Gasteiger partial charge >= 0.3 is 0 Å². The molecule has 0 amide bonds. The number of nitrogens with one attached hydrogen (secondary N) is 1. The van der Waals surface area contributed by atoms with Crippen molar-refractivity contribution in [1.82, 2.24) is 5.32 Å². The van der Waals surface area contributed by atoms with E-state index in [0.29, 0.717) is 5.56 Å². The molecule has 0 saturated heterocycles. The molecule has 0 bridgehead atoms. The number of hydrogen-bond acceptors (Lipinski definition) is 4. The van der Waals surface area contributed by atoms with E-state index in [9.17, 15) is 5.11 Å². The summed E-state index contributed by atoms with van der Waals surface area (Å²) in [4.78, 5) is 0. The van der Waals surface area contributed by atoms with Gasteiger partial charge in [0.05, 0.1) is 6.10 Å². The largest absolute Gasteiger partial charge is 0.508 e. The Labute approximate surface area is 89.2 Å². The van der Waals surface area contributed by atoms with Crippen LogP contribution in [0.1, 0.15) is 18.6 Å². The first-order chi connectivity index (χ1) is 7.00. The van der Waals surface area contributed by atoms with Gasteiger partial charge in [0.2, 0.25) is 0 Å². The lowest BCUT2D eigenvalue weighted by Gasteiger charge is -2.22. The van der Waals surface area contributed by atoms with E-state index in [1.807, 2.05) is 0 Å². The summed E-state index contributed by atoms with van der Waals surface area (Å²) in [5.74, 6) is 0.156. The maximum atomic E-state index is 9.85. The fraction of sp³-hybridized carbons (Fsp3) is 0.364. The van der Waals surface area contributed by atoms with Crippen molar-refractivity contribution in [1.29, 1.82) is 0 Å². The predicted octanol–water partition coefficient (Wildman–Crippen LogP) is 0.556. The van der Waals surface area contributed by atoms with Gasteiger partial charge in [0.1, 0.15) is 12.0 Å². The highest BCUT2D eigenvalue weighted by atomic mass is 16.3. The molecule has 83 valence electrons. The topological polar surface area (TPSA) is 72.7 Å². The maximum absolute atomic E-state index is 9.85. The summed E-state index contributed by atoms with van der Waals surface area (Å²) in [6, 6.07) is 5.96. The Morgan fingerprint density at radius 2 is 1.73 bits per heavy atom. The molecule has 0 spiro atoms. The summed E-state index contributed by atoms with van der Waals surface area (Å²) in [5, 5.41) is 30.6. The van der Waals surface area contributed by atoms with Crippen LogP contribution in [0.3, 0.4) is 0 Å². The summed E-state index contributed by atoms with van der Waals surface area (Å²) in [6.45, 7) is 5.10. The van der Waals surface area contributed by atoms with Crippen LogP contribution in [0.5, 0.6) is 5.75 Å². The van der Waals surface area contributed by atoms with E-state index in [1.54, 1.807) is 19.1 Å². The van der Waals surface area contributed by atoms with Gasteiger partial charge in [0.15, 0.2) is 0 Å². The Balaban J connectivity index is 2.67. The van der Waals surface area contributed by atoms with E-state index in [1.165, 1.54) is 12.1 Å². The minimum Gasteiger partial charge on any atom is -0.508 e. The first-order valence-corrected chi connectivity index (χ1v) is 4.75. The molecule has 1 aromatic carbocycles. The monoisotopic (exact) mass is 210 g/mol. The van der Waals surface area contributed by atoms with Gasteiger partial charge < -0.3 is 15.3 Å². The lowest BCUT2D eigenvalue weighted by molar-refractivity contribution is 0.0913. The van der Waals surface area contributed by atoms with Crippen molar-refractivity contribution in [3.8, 4) is 5.75 Å². The van der Waals surface area contributed by atoms with Crippen LogP contribution in [0.4, 0.5) is 0 Å². The van der Waals surface area contributed by atoms with Crippen molar-refractivity contribution >= 4 is 0 Å². The van der Waals surface area contributed by atoms with Gasteiger partial charge in [-0.25, -0.2) is 0 Å². The standard InChI is InChI=1S/C11H16NO3/c1-7(12-8(2)13)11(15)9-3-5-10(14)6-4-9/h3-8,11-15H,2H2,1H3. The maximum Gasteiger partial charge on any atom is 0.115 e. The number of rotatable bonds is 4. The van der Waals surface area contributed by atoms with Crippen LogP contribution >= 0.6 is 0 Å². The van der Waals surface area contributed by atoms with Crippen LogP contribution in [-0.4, -0.2) is 27.6 Å². The first-order valence-electron chi connectivity index (χ1n) is 4.75. The van der Waals surface area contributed by atoms with Crippen molar-refractivity contribution in [3.63, 3.8) is 0 Å². The molecule has 1 radical (unpaired) electrons. The van der Waals surface area contributed by atoms with Crippen LogP contribution < -0.4 is 5.32 Å². The zero-order valence-electron chi connectivity index (χ0n) is 8.59. The molecule has 1 rings (SSSR count). The Kier molecular flexibility index (Phi) is 4.08. The molecule has 3 unspecified atom stereocenters. The van der Waals surface area contributed by atoms with Crippen molar-refractivity contribution in [2.45, 2.75) is 25.3 Å². The van der Waals surface area contributed by atoms with Gasteiger partial charge in [-0.05, 0) is 31.5 Å². The number of aromatic hydroxyl groups is 1. The highest BCUT2D eigenvalue weighted by Crippen LogP contribution is 2.19. The smallest absolute Gasteiger partial charge is 0.115 e. The summed E-state index contributed by atoms with van der Waals surface area (Å²) >= 11 is 0. The van der Waals surface area contributed by atoms with Crippen LogP contribution in [0.15, 0.2) is 24.3 Å². The Bertz CT molecular complexity index is 297. The summed E-state index contributed by atoms with van der Waals surface area (Å²) in [5.41, 5.74) is 0.674. The van der Waals surface area contributed by atoms with Crippen molar-refractivity contribution in [3.05, 3.63) is 36.8 Å². The third kappa shape index (κ3) is 3.51. The van der Waals surface area contributed by atoms with E-state index in [-0.39, 0.29) is 11.8 Å². The van der Waals surface area contributed by atoms with Crippen molar-refractivity contribution in [2.24, 2.45) is 0 Å². The van der Waals surface area contributed by atoms with Crippen molar-refractivity contribution < 1.29 is 15.3 Å². The minimum absolute atomic E-state index is 0.156. The van der Waals surface area contributed by atoms with Gasteiger partial charge in [-0.2, -0.15) is 0 Å². The van der Waals surface area contributed by atoms with Gasteiger partial charge in [-0.3, -0.25) is 5.32 Å². The molecule has 0 heterocycles. The third-order valence-corrected chi connectivity index (χ3v) is 2.16. The highest BCUT2D eigenvalue weighted by Gasteiger charge is 2.16. The third-order valence-electron chi connectivity index (χ3n) is 2.16. The molecule has 1 aromatic rings. The number of phenolic OH excluding ortho intramolecular Hbond substituents is 1. The van der Waals surface area contributed by atoms with Crippen LogP contribution in [0.2, 0.25) is 0 Å². The molecule has 0 saturated carbocycles. The first kappa shape index (κ1) is 12.0. The number of hydrogen-bond donors (Lipinski definition) is 4. The second-order valence-corrected chi connectivity index (χ2v) is 3.51. The zero-order chi connectivity index (χ0) is 11.4. The van der Waals surface area contributed by atoms with E-state index < -0.39 is 12.3 Å². The molecule has 0 aromatic heterocycles.